The molecule has 0 saturated heterocycles. The molecule has 0 radical (unpaired) electrons. The summed E-state index contributed by atoms with van der Waals surface area (Å²) in [5.41, 5.74) is 6.59. The highest BCUT2D eigenvalue weighted by atomic mass is 16.6. The molecule has 1 aromatic rings. The zero-order valence-electron chi connectivity index (χ0n) is 10.2. The van der Waals surface area contributed by atoms with Gasteiger partial charge < -0.3 is 21.2 Å². The Morgan fingerprint density at radius 3 is 2.83 bits per heavy atom. The van der Waals surface area contributed by atoms with Crippen LogP contribution in [-0.2, 0) is 0 Å². The lowest BCUT2D eigenvalue weighted by Gasteiger charge is -2.31. The minimum atomic E-state index is -0.493. The van der Waals surface area contributed by atoms with Crippen molar-refractivity contribution in [1.29, 1.82) is 0 Å². The molecule has 98 valence electrons. The summed E-state index contributed by atoms with van der Waals surface area (Å²) in [6, 6.07) is 3.47. The quantitative estimate of drug-likeness (QED) is 0.629. The topological polar surface area (TPSA) is 94.1 Å². The van der Waals surface area contributed by atoms with E-state index in [1.807, 2.05) is 0 Å². The lowest BCUT2D eigenvalue weighted by Crippen LogP contribution is -2.36. The molecule has 0 bridgehead atoms. The van der Waals surface area contributed by atoms with Gasteiger partial charge >= 0.3 is 5.82 Å². The zero-order chi connectivity index (χ0) is 13.0. The monoisotopic (exact) mass is 250 g/mol. The first-order valence-corrected chi connectivity index (χ1v) is 6.27. The van der Waals surface area contributed by atoms with Crippen molar-refractivity contribution < 1.29 is 4.92 Å². The second-order valence-corrected chi connectivity index (χ2v) is 4.69. The second kappa shape index (κ2) is 5.77. The fourth-order valence-corrected chi connectivity index (χ4v) is 2.47. The first-order chi connectivity index (χ1) is 8.70. The lowest BCUT2D eigenvalue weighted by atomic mass is 9.84. The molecule has 1 heterocycles. The van der Waals surface area contributed by atoms with E-state index in [9.17, 15) is 10.1 Å². The second-order valence-electron chi connectivity index (χ2n) is 4.69. The van der Waals surface area contributed by atoms with Crippen molar-refractivity contribution in [2.24, 2.45) is 11.7 Å². The molecule has 0 aromatic carbocycles. The molecule has 1 aliphatic rings. The Balaban J connectivity index is 2.01. The van der Waals surface area contributed by atoms with Gasteiger partial charge in [-0.15, -0.1) is 0 Å². The molecule has 18 heavy (non-hydrogen) atoms. The Kier molecular flexibility index (Phi) is 4.09. The van der Waals surface area contributed by atoms with Gasteiger partial charge in [-0.05, 0) is 41.3 Å². The number of anilines is 1. The van der Waals surface area contributed by atoms with Crippen LogP contribution in [0.5, 0.6) is 0 Å². The van der Waals surface area contributed by atoms with Gasteiger partial charge in [0.2, 0.25) is 0 Å². The summed E-state index contributed by atoms with van der Waals surface area (Å²) in [5, 5.41) is 13.9. The molecule has 2 rings (SSSR count). The smallest absolute Gasteiger partial charge is 0.363 e. The summed E-state index contributed by atoms with van der Waals surface area (Å²) in [6.45, 7) is 0.679. The van der Waals surface area contributed by atoms with Crippen molar-refractivity contribution in [3.8, 4) is 0 Å². The third kappa shape index (κ3) is 2.95. The number of nitrogens with two attached hydrogens (primary N) is 1. The van der Waals surface area contributed by atoms with Crippen LogP contribution in [-0.4, -0.2) is 22.5 Å². The van der Waals surface area contributed by atoms with Crippen molar-refractivity contribution in [2.75, 3.05) is 11.9 Å². The van der Waals surface area contributed by atoms with Crippen LogP contribution in [0.15, 0.2) is 18.3 Å². The summed E-state index contributed by atoms with van der Waals surface area (Å²) in [5.74, 6) is 0.355. The molecule has 2 atom stereocenters. The molecule has 1 fully saturated rings. The number of aromatic nitrogens is 1. The number of hydrogen-bond acceptors (Lipinski definition) is 5. The maximum absolute atomic E-state index is 10.5. The summed E-state index contributed by atoms with van der Waals surface area (Å²) >= 11 is 0. The van der Waals surface area contributed by atoms with E-state index in [-0.39, 0.29) is 5.82 Å². The lowest BCUT2D eigenvalue weighted by molar-refractivity contribution is -0.389. The molecule has 1 aromatic heterocycles. The summed E-state index contributed by atoms with van der Waals surface area (Å²) in [6.07, 6.45) is 6.20. The van der Waals surface area contributed by atoms with Gasteiger partial charge in [0.05, 0.1) is 5.69 Å². The predicted octanol–water partition coefficient (Wildman–Crippen LogP) is 1.92. The van der Waals surface area contributed by atoms with Crippen molar-refractivity contribution in [1.82, 2.24) is 4.98 Å². The molecule has 3 N–H and O–H groups in total. The number of nitrogens with zero attached hydrogens (tertiary/aromatic N) is 2. The molecular weight excluding hydrogens is 232 g/mol. The van der Waals surface area contributed by atoms with E-state index in [1.165, 1.54) is 25.1 Å². The molecule has 2 unspecified atom stereocenters. The fourth-order valence-electron chi connectivity index (χ4n) is 2.47. The van der Waals surface area contributed by atoms with Crippen LogP contribution in [0.25, 0.3) is 0 Å². The van der Waals surface area contributed by atoms with E-state index in [2.05, 4.69) is 10.3 Å². The SMILES string of the molecule is NCC1CCCCC1Nc1ccc([N+](=O)[O-])nc1. The van der Waals surface area contributed by atoms with Crippen molar-refractivity contribution in [3.63, 3.8) is 0 Å². The maximum atomic E-state index is 10.5. The van der Waals surface area contributed by atoms with Crippen LogP contribution < -0.4 is 11.1 Å². The maximum Gasteiger partial charge on any atom is 0.363 e. The van der Waals surface area contributed by atoms with Crippen LogP contribution >= 0.6 is 0 Å². The van der Waals surface area contributed by atoms with Gasteiger partial charge in [-0.25, -0.2) is 0 Å². The summed E-state index contributed by atoms with van der Waals surface area (Å²) < 4.78 is 0. The highest BCUT2D eigenvalue weighted by Gasteiger charge is 2.24. The van der Waals surface area contributed by atoms with E-state index in [0.29, 0.717) is 18.5 Å². The minimum absolute atomic E-state index is 0.125. The van der Waals surface area contributed by atoms with E-state index >= 15 is 0 Å². The van der Waals surface area contributed by atoms with Crippen molar-refractivity contribution >= 4 is 11.5 Å². The average molecular weight is 250 g/mol. The molecule has 6 heteroatoms. The highest BCUT2D eigenvalue weighted by Crippen LogP contribution is 2.26. The van der Waals surface area contributed by atoms with E-state index in [1.54, 1.807) is 6.07 Å². The molecule has 1 aliphatic carbocycles. The largest absolute Gasteiger partial charge is 0.379 e. The van der Waals surface area contributed by atoms with Crippen molar-refractivity contribution in [2.45, 2.75) is 31.7 Å². The van der Waals surface area contributed by atoms with Gasteiger partial charge in [0.15, 0.2) is 6.20 Å². The Morgan fingerprint density at radius 2 is 2.22 bits per heavy atom. The Hall–Kier alpha value is -1.69. The van der Waals surface area contributed by atoms with Crippen LogP contribution in [0.2, 0.25) is 0 Å². The Labute approximate surface area is 106 Å². The summed E-state index contributed by atoms with van der Waals surface area (Å²) in [4.78, 5) is 13.8. The van der Waals surface area contributed by atoms with Gasteiger partial charge in [-0.2, -0.15) is 0 Å². The van der Waals surface area contributed by atoms with Crippen LogP contribution in [0.3, 0.4) is 0 Å². The van der Waals surface area contributed by atoms with Gasteiger partial charge in [0, 0.05) is 12.1 Å². The minimum Gasteiger partial charge on any atom is -0.379 e. The van der Waals surface area contributed by atoms with Gasteiger partial charge in [0.25, 0.3) is 0 Å². The molecule has 1 saturated carbocycles. The molecule has 0 spiro atoms. The first-order valence-electron chi connectivity index (χ1n) is 6.27. The Morgan fingerprint density at radius 1 is 1.44 bits per heavy atom. The number of pyridine rings is 1. The number of hydrogen-bond donors (Lipinski definition) is 2. The van der Waals surface area contributed by atoms with Gasteiger partial charge in [-0.3, -0.25) is 0 Å². The highest BCUT2D eigenvalue weighted by molar-refractivity contribution is 5.44. The predicted molar refractivity (Wildman–Crippen MR) is 69.3 cm³/mol. The van der Waals surface area contributed by atoms with E-state index < -0.39 is 4.92 Å². The van der Waals surface area contributed by atoms with Crippen LogP contribution in [0, 0.1) is 16.0 Å². The van der Waals surface area contributed by atoms with E-state index in [0.717, 1.165) is 18.5 Å². The fraction of sp³-hybridized carbons (Fsp3) is 0.583. The number of nitrogens with one attached hydrogen (secondary N) is 1. The standard InChI is InChI=1S/C12H18N4O2/c13-7-9-3-1-2-4-11(9)15-10-5-6-12(14-8-10)16(17)18/h5-6,8-9,11,15H,1-4,7,13H2. The Bertz CT molecular complexity index is 407. The summed E-state index contributed by atoms with van der Waals surface area (Å²) in [7, 11) is 0. The molecule has 0 aliphatic heterocycles. The molecule has 6 nitrogen and oxygen atoms in total. The number of rotatable bonds is 4. The molecular formula is C12H18N4O2. The van der Waals surface area contributed by atoms with Gasteiger partial charge in [-0.1, -0.05) is 12.8 Å². The van der Waals surface area contributed by atoms with Crippen LogP contribution in [0.1, 0.15) is 25.7 Å². The number of nitro groups is 1. The van der Waals surface area contributed by atoms with Crippen LogP contribution in [0.4, 0.5) is 11.5 Å². The van der Waals surface area contributed by atoms with Crippen molar-refractivity contribution in [3.05, 3.63) is 28.4 Å². The van der Waals surface area contributed by atoms with E-state index in [4.69, 9.17) is 5.73 Å². The first kappa shape index (κ1) is 12.8. The molecule has 0 amide bonds. The average Bonchev–Trinajstić information content (AvgIpc) is 2.40. The third-order valence-electron chi connectivity index (χ3n) is 3.50. The third-order valence-corrected chi connectivity index (χ3v) is 3.50. The van der Waals surface area contributed by atoms with Gasteiger partial charge in [0.1, 0.15) is 0 Å². The normalized spacial score (nSPS) is 23.6. The zero-order valence-corrected chi connectivity index (χ0v) is 10.2.